The molecule has 0 fully saturated rings. The minimum Gasteiger partial charge on any atom is -0.477 e. The highest BCUT2D eigenvalue weighted by atomic mass is 35.5. The smallest absolute Gasteiger partial charge is 0.354 e. The molecule has 142 valence electrons. The molecule has 0 radical (unpaired) electrons. The number of halogens is 2. The Morgan fingerprint density at radius 3 is 2.79 bits per heavy atom. The van der Waals surface area contributed by atoms with Crippen LogP contribution in [-0.4, -0.2) is 28.2 Å². The molecule has 0 unspecified atom stereocenters. The van der Waals surface area contributed by atoms with Gasteiger partial charge in [-0.2, -0.15) is 0 Å². The van der Waals surface area contributed by atoms with Crippen LogP contribution in [0.5, 0.6) is 11.5 Å². The maximum atomic E-state index is 11.6. The van der Waals surface area contributed by atoms with Gasteiger partial charge in [0.1, 0.15) is 16.5 Å². The van der Waals surface area contributed by atoms with Crippen LogP contribution in [0.15, 0.2) is 42.6 Å². The van der Waals surface area contributed by atoms with E-state index in [4.69, 9.17) is 32.7 Å². The van der Waals surface area contributed by atoms with E-state index in [1.165, 1.54) is 13.3 Å². The third kappa shape index (κ3) is 3.16. The molecule has 0 bridgehead atoms. The van der Waals surface area contributed by atoms with E-state index < -0.39 is 5.97 Å². The zero-order valence-corrected chi connectivity index (χ0v) is 16.1. The summed E-state index contributed by atoms with van der Waals surface area (Å²) in [7, 11) is 1.51. The van der Waals surface area contributed by atoms with E-state index in [1.807, 2.05) is 12.1 Å². The quantitative estimate of drug-likeness (QED) is 0.438. The lowest BCUT2D eigenvalue weighted by molar-refractivity contribution is 0.0685. The number of aromatic carboxylic acids is 1. The van der Waals surface area contributed by atoms with Crippen molar-refractivity contribution in [1.82, 2.24) is 9.97 Å². The molecule has 0 aliphatic rings. The molecule has 0 aliphatic carbocycles. The standard InChI is InChI=1S/C20H14Cl2N2O4/c1-27-9-12-17-11-7-10(28-16-4-2-3-13(21)18(16)22)5-6-14(11)24-15(17)8-23-19(12)20(25)26/h2-8,24H,9H2,1H3,(H,25,26). The van der Waals surface area contributed by atoms with Gasteiger partial charge >= 0.3 is 5.97 Å². The van der Waals surface area contributed by atoms with Crippen molar-refractivity contribution in [1.29, 1.82) is 0 Å². The number of rotatable bonds is 5. The van der Waals surface area contributed by atoms with Crippen molar-refractivity contribution < 1.29 is 19.4 Å². The summed E-state index contributed by atoms with van der Waals surface area (Å²) in [4.78, 5) is 18.9. The second-order valence-corrected chi connectivity index (χ2v) is 6.88. The molecule has 4 aromatic rings. The number of carbonyl (C=O) groups is 1. The highest BCUT2D eigenvalue weighted by molar-refractivity contribution is 6.42. The lowest BCUT2D eigenvalue weighted by atomic mass is 10.1. The minimum atomic E-state index is -1.11. The zero-order chi connectivity index (χ0) is 19.8. The van der Waals surface area contributed by atoms with E-state index >= 15 is 0 Å². The summed E-state index contributed by atoms with van der Waals surface area (Å²) in [5.74, 6) is -0.144. The van der Waals surface area contributed by atoms with E-state index in [1.54, 1.807) is 24.3 Å². The van der Waals surface area contributed by atoms with E-state index in [-0.39, 0.29) is 12.3 Å². The van der Waals surface area contributed by atoms with Crippen molar-refractivity contribution in [3.63, 3.8) is 0 Å². The van der Waals surface area contributed by atoms with Crippen molar-refractivity contribution in [2.45, 2.75) is 6.61 Å². The highest BCUT2D eigenvalue weighted by Crippen LogP contribution is 2.37. The number of aromatic amines is 1. The Morgan fingerprint density at radius 1 is 1.21 bits per heavy atom. The summed E-state index contributed by atoms with van der Waals surface area (Å²) in [6, 6.07) is 10.6. The summed E-state index contributed by atoms with van der Waals surface area (Å²) >= 11 is 12.2. The van der Waals surface area contributed by atoms with Crippen molar-refractivity contribution in [3.8, 4) is 11.5 Å². The van der Waals surface area contributed by atoms with Crippen LogP contribution >= 0.6 is 23.2 Å². The van der Waals surface area contributed by atoms with Crippen LogP contribution in [0.25, 0.3) is 21.8 Å². The van der Waals surface area contributed by atoms with Crippen LogP contribution in [-0.2, 0) is 11.3 Å². The third-order valence-corrected chi connectivity index (χ3v) is 5.15. The second kappa shape index (κ2) is 7.31. The lowest BCUT2D eigenvalue weighted by Gasteiger charge is -2.09. The number of nitrogens with one attached hydrogen (secondary N) is 1. The SMILES string of the molecule is COCc1c(C(=O)O)ncc2[nH]c3ccc(Oc4cccc(Cl)c4Cl)cc3c12. The van der Waals surface area contributed by atoms with E-state index in [9.17, 15) is 9.90 Å². The first-order chi connectivity index (χ1) is 13.5. The first-order valence-corrected chi connectivity index (χ1v) is 9.02. The molecule has 2 aromatic heterocycles. The Balaban J connectivity index is 1.90. The topological polar surface area (TPSA) is 84.4 Å². The van der Waals surface area contributed by atoms with Gasteiger partial charge in [-0.05, 0) is 30.3 Å². The zero-order valence-electron chi connectivity index (χ0n) is 14.6. The van der Waals surface area contributed by atoms with Gasteiger partial charge < -0.3 is 19.6 Å². The third-order valence-electron chi connectivity index (χ3n) is 4.34. The maximum Gasteiger partial charge on any atom is 0.354 e. The molecule has 8 heteroatoms. The molecule has 0 atom stereocenters. The van der Waals surface area contributed by atoms with Gasteiger partial charge in [0.05, 0.1) is 23.3 Å². The molecule has 28 heavy (non-hydrogen) atoms. The van der Waals surface area contributed by atoms with E-state index in [2.05, 4.69) is 9.97 Å². The number of fused-ring (bicyclic) bond motifs is 3. The number of ether oxygens (including phenoxy) is 2. The van der Waals surface area contributed by atoms with Crippen LogP contribution in [0.1, 0.15) is 16.1 Å². The van der Waals surface area contributed by atoms with Gasteiger partial charge in [-0.15, -0.1) is 0 Å². The monoisotopic (exact) mass is 416 g/mol. The lowest BCUT2D eigenvalue weighted by Crippen LogP contribution is -2.07. The molecule has 4 rings (SSSR count). The molecule has 0 aliphatic heterocycles. The van der Waals surface area contributed by atoms with Gasteiger partial charge in [0.25, 0.3) is 0 Å². The number of H-pyrrole nitrogens is 1. The number of aromatic nitrogens is 2. The van der Waals surface area contributed by atoms with E-state index in [0.29, 0.717) is 32.6 Å². The maximum absolute atomic E-state index is 11.6. The van der Waals surface area contributed by atoms with Gasteiger partial charge in [0.15, 0.2) is 5.69 Å². The largest absolute Gasteiger partial charge is 0.477 e. The predicted octanol–water partition coefficient (Wildman–Crippen LogP) is 5.66. The molecule has 6 nitrogen and oxygen atoms in total. The van der Waals surface area contributed by atoms with Crippen LogP contribution in [0.3, 0.4) is 0 Å². The Hall–Kier alpha value is -2.80. The molecule has 0 saturated heterocycles. The van der Waals surface area contributed by atoms with Gasteiger partial charge in [0, 0.05) is 29.0 Å². The van der Waals surface area contributed by atoms with Gasteiger partial charge in [0.2, 0.25) is 0 Å². The Bertz CT molecular complexity index is 1220. The Kier molecular flexibility index (Phi) is 4.85. The number of pyridine rings is 1. The molecule has 2 heterocycles. The molecule has 2 N–H and O–H groups in total. The minimum absolute atomic E-state index is 0.0422. The number of hydrogen-bond acceptors (Lipinski definition) is 4. The van der Waals surface area contributed by atoms with Crippen molar-refractivity contribution in [2.24, 2.45) is 0 Å². The molecule has 0 amide bonds. The van der Waals surface area contributed by atoms with Crippen molar-refractivity contribution in [3.05, 3.63) is 63.9 Å². The predicted molar refractivity (Wildman–Crippen MR) is 108 cm³/mol. The number of methoxy groups -OCH3 is 1. The van der Waals surface area contributed by atoms with Crippen LogP contribution < -0.4 is 4.74 Å². The number of hydrogen-bond donors (Lipinski definition) is 2. The molecule has 0 saturated carbocycles. The summed E-state index contributed by atoms with van der Waals surface area (Å²) in [5, 5.41) is 11.7. The average Bonchev–Trinajstić information content (AvgIpc) is 3.04. The first kappa shape index (κ1) is 18.6. The summed E-state index contributed by atoms with van der Waals surface area (Å²) in [6.07, 6.45) is 1.51. The number of benzene rings is 2. The normalized spacial score (nSPS) is 11.2. The second-order valence-electron chi connectivity index (χ2n) is 6.10. The first-order valence-electron chi connectivity index (χ1n) is 8.27. The van der Waals surface area contributed by atoms with Crippen LogP contribution in [0, 0.1) is 0 Å². The molecule has 0 spiro atoms. The average molecular weight is 417 g/mol. The Morgan fingerprint density at radius 2 is 2.04 bits per heavy atom. The van der Waals surface area contributed by atoms with Gasteiger partial charge in [-0.25, -0.2) is 9.78 Å². The summed E-state index contributed by atoms with van der Waals surface area (Å²) < 4.78 is 11.1. The fourth-order valence-electron chi connectivity index (χ4n) is 3.16. The molecular weight excluding hydrogens is 403 g/mol. The summed E-state index contributed by atoms with van der Waals surface area (Å²) in [6.45, 7) is 0.115. The van der Waals surface area contributed by atoms with Crippen molar-refractivity contribution in [2.75, 3.05) is 7.11 Å². The fourth-order valence-corrected chi connectivity index (χ4v) is 3.49. The number of carboxylic acids is 1. The Labute approximate surface area is 169 Å². The van der Waals surface area contributed by atoms with Gasteiger partial charge in [-0.3, -0.25) is 0 Å². The molecule has 2 aromatic carbocycles. The highest BCUT2D eigenvalue weighted by Gasteiger charge is 2.19. The number of nitrogens with zero attached hydrogens (tertiary/aromatic N) is 1. The fraction of sp³-hybridized carbons (Fsp3) is 0.100. The van der Waals surface area contributed by atoms with Gasteiger partial charge in [-0.1, -0.05) is 29.3 Å². The molecular formula is C20H14Cl2N2O4. The van der Waals surface area contributed by atoms with Crippen LogP contribution in [0.4, 0.5) is 0 Å². The van der Waals surface area contributed by atoms with Crippen LogP contribution in [0.2, 0.25) is 10.0 Å². The van der Waals surface area contributed by atoms with Crippen molar-refractivity contribution >= 4 is 51.0 Å². The number of carboxylic acid groups (broad SMARTS) is 1. The summed E-state index contributed by atoms with van der Waals surface area (Å²) in [5.41, 5.74) is 1.99. The van der Waals surface area contributed by atoms with E-state index in [0.717, 1.165) is 16.3 Å².